The van der Waals surface area contributed by atoms with Gasteiger partial charge in [0.15, 0.2) is 0 Å². The minimum Gasteiger partial charge on any atom is -0.268 e. The van der Waals surface area contributed by atoms with Gasteiger partial charge in [0.25, 0.3) is 11.8 Å². The van der Waals surface area contributed by atoms with Crippen LogP contribution in [0, 0.1) is 19.7 Å². The minimum atomic E-state index is -0.363. The molecule has 0 atom stereocenters. The Balaban J connectivity index is 1.68. The number of nitrogens with zero attached hydrogens (tertiary/aromatic N) is 2. The minimum absolute atomic E-state index is 0.294. The molecule has 28 heavy (non-hydrogen) atoms. The van der Waals surface area contributed by atoms with Gasteiger partial charge in [-0.05, 0) is 49.7 Å². The van der Waals surface area contributed by atoms with Gasteiger partial charge >= 0.3 is 0 Å². The summed E-state index contributed by atoms with van der Waals surface area (Å²) in [5, 5.41) is 0.521. The van der Waals surface area contributed by atoms with E-state index in [0.717, 1.165) is 11.1 Å². The van der Waals surface area contributed by atoms with Gasteiger partial charge in [0, 0.05) is 11.4 Å². The number of hydrogen-bond donors (Lipinski definition) is 0. The summed E-state index contributed by atoms with van der Waals surface area (Å²) in [5.74, 6) is -0.469. The van der Waals surface area contributed by atoms with Crippen LogP contribution in [-0.2, 0) is 5.75 Å². The molecule has 0 bridgehead atoms. The smallest absolute Gasteiger partial charge is 0.268 e. The number of thioether (sulfide) groups is 1. The Labute approximate surface area is 166 Å². The molecule has 0 unspecified atom stereocenters. The molecular weight excluding hydrogens is 375 g/mol. The molecule has 1 aliphatic heterocycles. The predicted octanol–water partition coefficient (Wildman–Crippen LogP) is 4.93. The first-order chi connectivity index (χ1) is 13.4. The van der Waals surface area contributed by atoms with Gasteiger partial charge in [0.1, 0.15) is 10.8 Å². The van der Waals surface area contributed by atoms with Crippen molar-refractivity contribution in [1.29, 1.82) is 0 Å². The topological polar surface area (TPSA) is 50.3 Å². The Hall–Kier alpha value is -2.99. The van der Waals surface area contributed by atoms with Gasteiger partial charge in [-0.25, -0.2) is 14.3 Å². The summed E-state index contributed by atoms with van der Waals surface area (Å²) in [6, 6.07) is 15.1. The number of carbonyl (C=O) groups excluding carboxylic acids is 2. The average molecular weight is 392 g/mol. The third kappa shape index (κ3) is 3.31. The molecule has 140 valence electrons. The zero-order valence-corrected chi connectivity index (χ0v) is 16.2. The Bertz CT molecular complexity index is 1080. The number of halogens is 1. The number of amides is 2. The van der Waals surface area contributed by atoms with Gasteiger partial charge in [-0.2, -0.15) is 0 Å². The van der Waals surface area contributed by atoms with Crippen molar-refractivity contribution in [1.82, 2.24) is 4.98 Å². The Morgan fingerprint density at radius 2 is 1.64 bits per heavy atom. The fourth-order valence-corrected chi connectivity index (χ4v) is 4.16. The number of carbonyl (C=O) groups is 2. The van der Waals surface area contributed by atoms with Crippen molar-refractivity contribution in [3.8, 4) is 0 Å². The van der Waals surface area contributed by atoms with Crippen LogP contribution in [0.25, 0.3) is 0 Å². The quantitative estimate of drug-likeness (QED) is 0.467. The maximum absolute atomic E-state index is 13.1. The number of hydrogen-bond acceptors (Lipinski definition) is 4. The molecule has 0 spiro atoms. The fraction of sp³-hybridized carbons (Fsp3) is 0.136. The number of benzene rings is 2. The third-order valence-corrected chi connectivity index (χ3v) is 5.59. The van der Waals surface area contributed by atoms with Gasteiger partial charge < -0.3 is 0 Å². The molecule has 0 saturated heterocycles. The summed E-state index contributed by atoms with van der Waals surface area (Å²) in [6.07, 6.45) is 0. The summed E-state index contributed by atoms with van der Waals surface area (Å²) in [7, 11) is 0. The molecule has 0 radical (unpaired) electrons. The molecule has 0 saturated carbocycles. The largest absolute Gasteiger partial charge is 0.268 e. The van der Waals surface area contributed by atoms with E-state index in [2.05, 4.69) is 4.98 Å². The molecule has 3 aromatic rings. The van der Waals surface area contributed by atoms with Crippen LogP contribution in [-0.4, -0.2) is 16.8 Å². The highest BCUT2D eigenvalue weighted by Crippen LogP contribution is 2.35. The zero-order chi connectivity index (χ0) is 19.8. The molecule has 1 aliphatic rings. The first-order valence-electron chi connectivity index (χ1n) is 8.78. The number of fused-ring (bicyclic) bond motifs is 1. The van der Waals surface area contributed by atoms with E-state index in [4.69, 9.17) is 0 Å². The lowest BCUT2D eigenvalue weighted by Crippen LogP contribution is -2.29. The summed E-state index contributed by atoms with van der Waals surface area (Å²) >= 11 is 1.37. The molecule has 0 N–H and O–H groups in total. The van der Waals surface area contributed by atoms with Crippen LogP contribution in [0.5, 0.6) is 0 Å². The molecule has 2 heterocycles. The van der Waals surface area contributed by atoms with Crippen LogP contribution in [0.3, 0.4) is 0 Å². The van der Waals surface area contributed by atoms with Crippen molar-refractivity contribution in [2.24, 2.45) is 0 Å². The highest BCUT2D eigenvalue weighted by Gasteiger charge is 2.39. The Kier molecular flexibility index (Phi) is 4.73. The lowest BCUT2D eigenvalue weighted by Gasteiger charge is -2.14. The highest BCUT2D eigenvalue weighted by atomic mass is 32.2. The maximum Gasteiger partial charge on any atom is 0.268 e. The van der Waals surface area contributed by atoms with Gasteiger partial charge in [-0.1, -0.05) is 29.8 Å². The van der Waals surface area contributed by atoms with Gasteiger partial charge in [0.2, 0.25) is 0 Å². The van der Waals surface area contributed by atoms with Crippen LogP contribution < -0.4 is 4.90 Å². The first kappa shape index (κ1) is 18.4. The number of aromatic nitrogens is 1. The van der Waals surface area contributed by atoms with Gasteiger partial charge in [0.05, 0.1) is 16.8 Å². The molecule has 1 aromatic heterocycles. The monoisotopic (exact) mass is 392 g/mol. The number of pyridine rings is 1. The zero-order valence-electron chi connectivity index (χ0n) is 15.4. The molecule has 0 fully saturated rings. The molecular formula is C22H17FN2O2S. The Morgan fingerprint density at radius 3 is 2.32 bits per heavy atom. The van der Waals surface area contributed by atoms with Gasteiger partial charge in [-0.15, -0.1) is 11.8 Å². The van der Waals surface area contributed by atoms with Crippen molar-refractivity contribution < 1.29 is 14.0 Å². The lowest BCUT2D eigenvalue weighted by atomic mass is 10.1. The van der Waals surface area contributed by atoms with Gasteiger partial charge in [-0.3, -0.25) is 9.59 Å². The van der Waals surface area contributed by atoms with Crippen LogP contribution in [0.15, 0.2) is 59.6 Å². The summed E-state index contributed by atoms with van der Waals surface area (Å²) in [4.78, 5) is 31.7. The van der Waals surface area contributed by atoms with Crippen molar-refractivity contribution in [2.45, 2.75) is 24.6 Å². The van der Waals surface area contributed by atoms with E-state index in [1.54, 1.807) is 37.3 Å². The summed E-state index contributed by atoms with van der Waals surface area (Å²) in [6.45, 7) is 3.75. The van der Waals surface area contributed by atoms with Crippen LogP contribution in [0.1, 0.15) is 37.5 Å². The lowest BCUT2D eigenvalue weighted by molar-refractivity contribution is 0.0925. The predicted molar refractivity (Wildman–Crippen MR) is 107 cm³/mol. The summed E-state index contributed by atoms with van der Waals surface area (Å²) in [5.41, 5.74) is 3.89. The van der Waals surface area contributed by atoms with E-state index in [-0.39, 0.29) is 17.6 Å². The normalized spacial score (nSPS) is 13.2. The van der Waals surface area contributed by atoms with Crippen LogP contribution >= 0.6 is 11.8 Å². The molecule has 4 nitrogen and oxygen atoms in total. The molecule has 2 aromatic carbocycles. The van der Waals surface area contributed by atoms with Crippen LogP contribution in [0.2, 0.25) is 0 Å². The Morgan fingerprint density at radius 1 is 0.964 bits per heavy atom. The molecule has 4 rings (SSSR count). The van der Waals surface area contributed by atoms with Crippen molar-refractivity contribution in [3.63, 3.8) is 0 Å². The summed E-state index contributed by atoms with van der Waals surface area (Å²) < 4.78 is 13.1. The standard InChI is InChI=1S/C22H17FN2O2S/c1-13-3-9-17(10-4-13)25-21(26)18-11-14(2)24-20(19(18)22(25)27)28-12-15-5-7-16(23)8-6-15/h3-11H,12H2,1-2H3. The van der Waals surface area contributed by atoms with E-state index >= 15 is 0 Å². The second-order valence-corrected chi connectivity index (χ2v) is 7.65. The molecule has 0 aliphatic carbocycles. The highest BCUT2D eigenvalue weighted by molar-refractivity contribution is 7.98. The fourth-order valence-electron chi connectivity index (χ4n) is 3.11. The maximum atomic E-state index is 13.1. The second-order valence-electron chi connectivity index (χ2n) is 6.69. The van der Waals surface area contributed by atoms with E-state index in [9.17, 15) is 14.0 Å². The van der Waals surface area contributed by atoms with E-state index in [1.165, 1.54) is 28.8 Å². The van der Waals surface area contributed by atoms with E-state index < -0.39 is 0 Å². The average Bonchev–Trinajstić information content (AvgIpc) is 2.92. The third-order valence-electron chi connectivity index (χ3n) is 4.55. The van der Waals surface area contributed by atoms with E-state index in [1.807, 2.05) is 19.1 Å². The SMILES string of the molecule is Cc1ccc(N2C(=O)c3cc(C)nc(SCc4ccc(F)cc4)c3C2=O)cc1. The molecule has 2 amide bonds. The number of anilines is 1. The molecule has 6 heteroatoms. The number of aryl methyl sites for hydroxylation is 2. The van der Waals surface area contributed by atoms with Crippen LogP contribution in [0.4, 0.5) is 10.1 Å². The number of rotatable bonds is 4. The second kappa shape index (κ2) is 7.20. The first-order valence-corrected chi connectivity index (χ1v) is 9.77. The van der Waals surface area contributed by atoms with Crippen molar-refractivity contribution >= 4 is 29.3 Å². The number of imide groups is 1. The van der Waals surface area contributed by atoms with Crippen molar-refractivity contribution in [3.05, 3.63) is 88.4 Å². The van der Waals surface area contributed by atoms with E-state index in [0.29, 0.717) is 33.3 Å². The van der Waals surface area contributed by atoms with Crippen molar-refractivity contribution in [2.75, 3.05) is 4.90 Å².